The van der Waals surface area contributed by atoms with Crippen molar-refractivity contribution in [1.29, 1.82) is 0 Å². The molecule has 0 saturated heterocycles. The normalized spacial score (nSPS) is 8.21. The molecule has 4 heteroatoms. The monoisotopic (exact) mass is 363 g/mol. The molecule has 0 rings (SSSR count). The van der Waals surface area contributed by atoms with E-state index < -0.39 is 0 Å². The smallest absolute Gasteiger partial charge is 0.00127 e. The lowest BCUT2D eigenvalue weighted by atomic mass is 10.2. The molecule has 0 saturated carbocycles. The van der Waals surface area contributed by atoms with Gasteiger partial charge < -0.3 is 16.0 Å². The molecule has 0 bridgehead atoms. The summed E-state index contributed by atoms with van der Waals surface area (Å²) < 4.78 is 0. The lowest BCUT2D eigenvalue weighted by molar-refractivity contribution is 0.395. The van der Waals surface area contributed by atoms with E-state index in [2.05, 4.69) is 69.3 Å². The molecule has 0 aromatic heterocycles. The zero-order valence-electron chi connectivity index (χ0n) is 17.7. The second kappa shape index (κ2) is 49.5. The molecule has 3 N–H and O–H groups in total. The van der Waals surface area contributed by atoms with Gasteiger partial charge in [-0.1, -0.05) is 39.7 Å². The van der Waals surface area contributed by atoms with Crippen molar-refractivity contribution in [2.45, 2.75) is 59.3 Å². The predicted molar refractivity (Wildman–Crippen MR) is 122 cm³/mol. The van der Waals surface area contributed by atoms with E-state index in [9.17, 15) is 0 Å². The number of hydrogen-bond acceptors (Lipinski definition) is 4. The van der Waals surface area contributed by atoms with Gasteiger partial charge in [-0.05, 0) is 72.2 Å². The van der Waals surface area contributed by atoms with Crippen molar-refractivity contribution >= 4 is 12.6 Å². The van der Waals surface area contributed by atoms with Gasteiger partial charge in [0.25, 0.3) is 0 Å². The molecule has 3 nitrogen and oxygen atoms in total. The number of rotatable bonds is 11. The standard InChI is InChI=1S/C8H16S.C7H18N2.C2H6.C2H4.CH5N/c1-2-3-4-5-6-7-8-9;1-4-8-6-5-7-9(2)3;3*1-2/h2,9H,1,3-8H2;8H,4-7H2,1-3H3;1-2H3;1-2H2;2H2,1H3. The Labute approximate surface area is 160 Å². The molecular formula is C20H49N3S. The first-order chi connectivity index (χ1) is 11.7. The lowest BCUT2D eigenvalue weighted by Gasteiger charge is -2.08. The first-order valence-electron chi connectivity index (χ1n) is 9.33. The molecule has 0 aliphatic rings. The number of nitrogens with zero attached hydrogens (tertiary/aromatic N) is 1. The molecule has 0 unspecified atom stereocenters. The Morgan fingerprint density at radius 1 is 1.00 bits per heavy atom. The van der Waals surface area contributed by atoms with Crippen LogP contribution in [0.5, 0.6) is 0 Å². The molecule has 0 aliphatic carbocycles. The largest absolute Gasteiger partial charge is 0.333 e. The zero-order valence-corrected chi connectivity index (χ0v) is 18.6. The van der Waals surface area contributed by atoms with Crippen molar-refractivity contribution in [2.24, 2.45) is 5.73 Å². The van der Waals surface area contributed by atoms with Gasteiger partial charge >= 0.3 is 0 Å². The number of nitrogens with one attached hydrogen (secondary N) is 1. The SMILES string of the molecule is C=C.C=CCCCCCCS.CC.CCNCCCN(C)C.CN. The van der Waals surface area contributed by atoms with Crippen molar-refractivity contribution in [3.05, 3.63) is 25.8 Å². The third-order valence-corrected chi connectivity index (χ3v) is 2.84. The predicted octanol–water partition coefficient (Wildman–Crippen LogP) is 5.00. The van der Waals surface area contributed by atoms with Crippen molar-refractivity contribution in [3.8, 4) is 0 Å². The van der Waals surface area contributed by atoms with Gasteiger partial charge in [0.05, 0.1) is 0 Å². The molecule has 0 amide bonds. The van der Waals surface area contributed by atoms with Crippen LogP contribution in [-0.2, 0) is 0 Å². The highest BCUT2D eigenvalue weighted by molar-refractivity contribution is 7.80. The fourth-order valence-electron chi connectivity index (χ4n) is 1.45. The Balaban J connectivity index is -0.0000000762. The number of allylic oxidation sites excluding steroid dienone is 1. The van der Waals surface area contributed by atoms with Crippen molar-refractivity contribution in [3.63, 3.8) is 0 Å². The Bertz CT molecular complexity index is 165. The van der Waals surface area contributed by atoms with Gasteiger partial charge in [-0.3, -0.25) is 0 Å². The van der Waals surface area contributed by atoms with Gasteiger partial charge in [-0.15, -0.1) is 19.7 Å². The summed E-state index contributed by atoms with van der Waals surface area (Å²) >= 11 is 4.13. The van der Waals surface area contributed by atoms with Crippen LogP contribution in [-0.4, -0.2) is 51.4 Å². The zero-order chi connectivity index (χ0) is 20.1. The Morgan fingerprint density at radius 2 is 1.50 bits per heavy atom. The summed E-state index contributed by atoms with van der Waals surface area (Å²) in [6.45, 7) is 19.2. The third-order valence-electron chi connectivity index (χ3n) is 2.53. The molecular weight excluding hydrogens is 314 g/mol. The summed E-state index contributed by atoms with van der Waals surface area (Å²) in [4.78, 5) is 2.21. The molecule has 0 radical (unpaired) electrons. The maximum atomic E-state index is 4.50. The van der Waals surface area contributed by atoms with Crippen molar-refractivity contribution < 1.29 is 0 Å². The van der Waals surface area contributed by atoms with E-state index >= 15 is 0 Å². The van der Waals surface area contributed by atoms with E-state index in [-0.39, 0.29) is 0 Å². The molecule has 0 heterocycles. The quantitative estimate of drug-likeness (QED) is 0.275. The van der Waals surface area contributed by atoms with Gasteiger partial charge in [-0.25, -0.2) is 0 Å². The molecule has 150 valence electrons. The highest BCUT2D eigenvalue weighted by Crippen LogP contribution is 2.03. The van der Waals surface area contributed by atoms with Crippen molar-refractivity contribution in [1.82, 2.24) is 10.2 Å². The minimum Gasteiger partial charge on any atom is -0.333 e. The number of nitrogens with two attached hydrogens (primary N) is 1. The van der Waals surface area contributed by atoms with Crippen molar-refractivity contribution in [2.75, 3.05) is 46.5 Å². The topological polar surface area (TPSA) is 41.3 Å². The van der Waals surface area contributed by atoms with E-state index in [0.29, 0.717) is 0 Å². The maximum Gasteiger partial charge on any atom is -0.00127 e. The van der Waals surface area contributed by atoms with Gasteiger partial charge in [0.2, 0.25) is 0 Å². The summed E-state index contributed by atoms with van der Waals surface area (Å²) in [5.74, 6) is 1.04. The fourth-order valence-corrected chi connectivity index (χ4v) is 1.67. The van der Waals surface area contributed by atoms with Crippen LogP contribution >= 0.6 is 12.6 Å². The molecule has 24 heavy (non-hydrogen) atoms. The van der Waals surface area contributed by atoms with E-state index in [4.69, 9.17) is 0 Å². The second-order valence-corrected chi connectivity index (χ2v) is 5.17. The molecule has 0 atom stereocenters. The maximum absolute atomic E-state index is 4.50. The van der Waals surface area contributed by atoms with Gasteiger partial charge in [0.15, 0.2) is 0 Å². The second-order valence-electron chi connectivity index (χ2n) is 4.73. The average molecular weight is 364 g/mol. The minimum atomic E-state index is 1.04. The number of thiol groups is 1. The van der Waals surface area contributed by atoms with Crippen LogP contribution in [0, 0.1) is 0 Å². The van der Waals surface area contributed by atoms with Gasteiger partial charge in [-0.2, -0.15) is 12.6 Å². The molecule has 0 aromatic rings. The van der Waals surface area contributed by atoms with Crippen LogP contribution in [0.15, 0.2) is 25.8 Å². The third kappa shape index (κ3) is 67.9. The van der Waals surface area contributed by atoms with Gasteiger partial charge in [0, 0.05) is 0 Å². The van der Waals surface area contributed by atoms with Crippen LogP contribution in [0.4, 0.5) is 0 Å². The first kappa shape index (κ1) is 34.9. The van der Waals surface area contributed by atoms with Crippen LogP contribution in [0.1, 0.15) is 59.3 Å². The van der Waals surface area contributed by atoms with E-state index in [1.54, 1.807) is 0 Å². The summed E-state index contributed by atoms with van der Waals surface area (Å²) in [6, 6.07) is 0. The first-order valence-corrected chi connectivity index (χ1v) is 9.97. The average Bonchev–Trinajstić information content (AvgIpc) is 2.64. The highest BCUT2D eigenvalue weighted by Gasteiger charge is 1.87. The molecule has 0 fully saturated rings. The van der Waals surface area contributed by atoms with Crippen LogP contribution in [0.25, 0.3) is 0 Å². The van der Waals surface area contributed by atoms with Crippen LogP contribution in [0.3, 0.4) is 0 Å². The molecule has 0 aliphatic heterocycles. The Morgan fingerprint density at radius 3 is 1.88 bits per heavy atom. The van der Waals surface area contributed by atoms with E-state index in [1.807, 2.05) is 19.9 Å². The minimum absolute atomic E-state index is 1.04. The summed E-state index contributed by atoms with van der Waals surface area (Å²) in [5, 5.41) is 3.28. The van der Waals surface area contributed by atoms with E-state index in [1.165, 1.54) is 52.1 Å². The summed E-state index contributed by atoms with van der Waals surface area (Å²) in [7, 11) is 5.71. The Kier molecular flexibility index (Phi) is 72.0. The lowest BCUT2D eigenvalue weighted by Crippen LogP contribution is -2.20. The van der Waals surface area contributed by atoms with Gasteiger partial charge in [0.1, 0.15) is 0 Å². The van der Waals surface area contributed by atoms with Crippen LogP contribution < -0.4 is 11.1 Å². The fraction of sp³-hybridized carbons (Fsp3) is 0.800. The highest BCUT2D eigenvalue weighted by atomic mass is 32.1. The summed E-state index contributed by atoms with van der Waals surface area (Å²) in [5.41, 5.74) is 4.50. The number of hydrogen-bond donors (Lipinski definition) is 3. The van der Waals surface area contributed by atoms with E-state index in [0.717, 1.165) is 18.8 Å². The number of unbranched alkanes of at least 4 members (excludes halogenated alkanes) is 4. The Hall–Kier alpha value is -0.290. The summed E-state index contributed by atoms with van der Waals surface area (Å²) in [6.07, 6.45) is 9.65. The van der Waals surface area contributed by atoms with Crippen LogP contribution in [0.2, 0.25) is 0 Å². The molecule has 0 spiro atoms. The molecule has 0 aromatic carbocycles.